The fourth-order valence-corrected chi connectivity index (χ4v) is 3.60. The van der Waals surface area contributed by atoms with Crippen LogP contribution in [0.25, 0.3) is 0 Å². The molecule has 0 aliphatic heterocycles. The predicted octanol–water partition coefficient (Wildman–Crippen LogP) is 3.02. The number of hydrogen-bond donors (Lipinski definition) is 3. The number of para-hydroxylation sites is 1. The van der Waals surface area contributed by atoms with Crippen LogP contribution in [0.2, 0.25) is 0 Å². The topological polar surface area (TPSA) is 70.6 Å². The summed E-state index contributed by atoms with van der Waals surface area (Å²) in [4.78, 5) is 11.2. The highest BCUT2D eigenvalue weighted by atomic mass is 35.5. The van der Waals surface area contributed by atoms with Gasteiger partial charge in [-0.2, -0.15) is 0 Å². The molecule has 0 bridgehead atoms. The summed E-state index contributed by atoms with van der Waals surface area (Å²) in [5.74, 6) is 0.762. The van der Waals surface area contributed by atoms with E-state index in [9.17, 15) is 9.90 Å². The number of aliphatic hydroxyl groups is 1. The van der Waals surface area contributed by atoms with Crippen LogP contribution >= 0.6 is 12.4 Å². The van der Waals surface area contributed by atoms with Crippen molar-refractivity contribution >= 4 is 18.3 Å². The molecule has 3 N–H and O–H groups in total. The van der Waals surface area contributed by atoms with E-state index in [1.165, 1.54) is 18.1 Å². The molecule has 0 spiro atoms. The maximum atomic E-state index is 11.2. The molecule has 1 unspecified atom stereocenters. The van der Waals surface area contributed by atoms with Crippen LogP contribution in [-0.4, -0.2) is 36.3 Å². The van der Waals surface area contributed by atoms with E-state index in [1.54, 1.807) is 0 Å². The van der Waals surface area contributed by atoms with Gasteiger partial charge >= 0.3 is 0 Å². The Morgan fingerprint density at radius 1 is 1.21 bits per heavy atom. The number of aliphatic hydroxyl groups excluding tert-OH is 1. The molecule has 0 fully saturated rings. The molecule has 2 atom stereocenters. The molecule has 0 saturated carbocycles. The Balaban J connectivity index is 0.00000300. The highest BCUT2D eigenvalue weighted by Gasteiger charge is 2.18. The molecule has 158 valence electrons. The fraction of sp³-hybridized carbons (Fsp3) is 0.435. The highest BCUT2D eigenvalue weighted by molar-refractivity contribution is 5.85. The molecule has 3 rings (SSSR count). The Bertz CT molecular complexity index is 770. The first-order valence-corrected chi connectivity index (χ1v) is 10.0. The van der Waals surface area contributed by atoms with E-state index in [0.717, 1.165) is 37.0 Å². The monoisotopic (exact) mass is 418 g/mol. The van der Waals surface area contributed by atoms with Crippen LogP contribution in [0.3, 0.4) is 0 Å². The molecule has 1 amide bonds. The molecule has 0 saturated heterocycles. The van der Waals surface area contributed by atoms with Crippen molar-refractivity contribution in [3.05, 3.63) is 65.2 Å². The second kappa shape index (κ2) is 11.8. The van der Waals surface area contributed by atoms with Crippen LogP contribution < -0.4 is 15.4 Å². The van der Waals surface area contributed by atoms with E-state index in [2.05, 4.69) is 28.8 Å². The summed E-state index contributed by atoms with van der Waals surface area (Å²) in [7, 11) is 0. The first kappa shape index (κ1) is 23.2. The maximum Gasteiger partial charge on any atom is 0.217 e. The highest BCUT2D eigenvalue weighted by Crippen LogP contribution is 2.22. The van der Waals surface area contributed by atoms with Gasteiger partial charge in [0, 0.05) is 26.1 Å². The van der Waals surface area contributed by atoms with E-state index < -0.39 is 6.10 Å². The van der Waals surface area contributed by atoms with Gasteiger partial charge in [-0.05, 0) is 54.5 Å². The minimum atomic E-state index is -0.547. The van der Waals surface area contributed by atoms with Gasteiger partial charge in [-0.25, -0.2) is 0 Å². The largest absolute Gasteiger partial charge is 0.491 e. The first-order valence-electron chi connectivity index (χ1n) is 10.0. The summed E-state index contributed by atoms with van der Waals surface area (Å²) >= 11 is 0. The first-order chi connectivity index (χ1) is 13.6. The number of fused-ring (bicyclic) bond motifs is 1. The van der Waals surface area contributed by atoms with Crippen molar-refractivity contribution in [2.45, 2.75) is 51.3 Å². The maximum absolute atomic E-state index is 11.2. The summed E-state index contributed by atoms with van der Waals surface area (Å²) in [6.45, 7) is 2.89. The van der Waals surface area contributed by atoms with Crippen LogP contribution in [0.15, 0.2) is 48.5 Å². The molecular weight excluding hydrogens is 388 g/mol. The van der Waals surface area contributed by atoms with E-state index in [-0.39, 0.29) is 24.9 Å². The summed E-state index contributed by atoms with van der Waals surface area (Å²) < 4.78 is 5.63. The molecule has 29 heavy (non-hydrogen) atoms. The zero-order valence-corrected chi connectivity index (χ0v) is 17.7. The second-order valence-electron chi connectivity index (χ2n) is 7.49. The number of ether oxygens (including phenoxy) is 1. The zero-order valence-electron chi connectivity index (χ0n) is 16.9. The van der Waals surface area contributed by atoms with Crippen molar-refractivity contribution in [2.75, 3.05) is 13.2 Å². The third kappa shape index (κ3) is 7.69. The average molecular weight is 419 g/mol. The van der Waals surface area contributed by atoms with E-state index in [4.69, 9.17) is 4.74 Å². The van der Waals surface area contributed by atoms with Gasteiger partial charge in [0.25, 0.3) is 0 Å². The third-order valence-electron chi connectivity index (χ3n) is 5.10. The quantitative estimate of drug-likeness (QED) is 0.576. The molecule has 6 heteroatoms. The third-order valence-corrected chi connectivity index (χ3v) is 5.10. The van der Waals surface area contributed by atoms with Gasteiger partial charge in [-0.15, -0.1) is 12.4 Å². The van der Waals surface area contributed by atoms with E-state index >= 15 is 0 Å². The lowest BCUT2D eigenvalue weighted by atomic mass is 9.99. The number of rotatable bonds is 8. The number of nitrogens with one attached hydrogen (secondary N) is 2. The van der Waals surface area contributed by atoms with Crippen molar-refractivity contribution in [3.8, 4) is 5.75 Å². The number of hydrogen-bond acceptors (Lipinski definition) is 4. The lowest BCUT2D eigenvalue weighted by Gasteiger charge is -2.20. The van der Waals surface area contributed by atoms with Crippen molar-refractivity contribution in [1.29, 1.82) is 0 Å². The Labute approximate surface area is 179 Å². The average Bonchev–Trinajstić information content (AvgIpc) is 2.91. The Morgan fingerprint density at radius 3 is 2.76 bits per heavy atom. The van der Waals surface area contributed by atoms with E-state index in [0.29, 0.717) is 19.1 Å². The molecule has 0 heterocycles. The molecule has 2 aromatic carbocycles. The Kier molecular flexibility index (Phi) is 9.45. The van der Waals surface area contributed by atoms with Gasteiger partial charge in [0.1, 0.15) is 18.5 Å². The van der Waals surface area contributed by atoms with Gasteiger partial charge in [-0.1, -0.05) is 36.4 Å². The smallest absolute Gasteiger partial charge is 0.217 e. The standard InChI is InChI=1S/C23H30N2O3.ClH/c1-17(26)24-14-18-10-11-19-6-5-7-21(13-20(19)12-18)25-15-22(27)16-28-23-8-3-2-4-9-23;/h2-4,8-12,21-22,25,27H,5-7,13-16H2,1H3,(H,24,26);1H/t21?,22-;/m0./s1. The summed E-state index contributed by atoms with van der Waals surface area (Å²) in [6, 6.07) is 16.4. The van der Waals surface area contributed by atoms with Gasteiger partial charge in [-0.3, -0.25) is 4.79 Å². The molecule has 1 aliphatic rings. The van der Waals surface area contributed by atoms with Crippen LogP contribution in [-0.2, 0) is 24.2 Å². The molecular formula is C23H31ClN2O3. The molecule has 0 radical (unpaired) electrons. The second-order valence-corrected chi connectivity index (χ2v) is 7.49. The zero-order chi connectivity index (χ0) is 19.8. The SMILES string of the molecule is CC(=O)NCc1ccc2c(c1)CC(NC[C@H](O)COc1ccccc1)CCC2.Cl. The van der Waals surface area contributed by atoms with Crippen LogP contribution in [0.5, 0.6) is 5.75 Å². The summed E-state index contributed by atoms with van der Waals surface area (Å²) in [5.41, 5.74) is 3.86. The minimum absolute atomic E-state index is 0. The van der Waals surface area contributed by atoms with Crippen molar-refractivity contribution in [2.24, 2.45) is 0 Å². The molecule has 1 aliphatic carbocycles. The molecule has 0 aromatic heterocycles. The van der Waals surface area contributed by atoms with Crippen LogP contribution in [0.1, 0.15) is 36.5 Å². The Morgan fingerprint density at radius 2 is 2.00 bits per heavy atom. The number of halogens is 1. The van der Waals surface area contributed by atoms with Gasteiger partial charge in [0.2, 0.25) is 5.91 Å². The number of carbonyl (C=O) groups excluding carboxylic acids is 1. The van der Waals surface area contributed by atoms with Gasteiger partial charge in [0.15, 0.2) is 0 Å². The number of benzene rings is 2. The number of amides is 1. The van der Waals surface area contributed by atoms with Crippen molar-refractivity contribution in [3.63, 3.8) is 0 Å². The van der Waals surface area contributed by atoms with E-state index in [1.807, 2.05) is 30.3 Å². The number of aryl methyl sites for hydroxylation is 1. The predicted molar refractivity (Wildman–Crippen MR) is 118 cm³/mol. The van der Waals surface area contributed by atoms with Gasteiger partial charge in [0.05, 0.1) is 0 Å². The number of carbonyl (C=O) groups is 1. The summed E-state index contributed by atoms with van der Waals surface area (Å²) in [5, 5.41) is 16.6. The minimum Gasteiger partial charge on any atom is -0.491 e. The van der Waals surface area contributed by atoms with Gasteiger partial charge < -0.3 is 20.5 Å². The fourth-order valence-electron chi connectivity index (χ4n) is 3.60. The lowest BCUT2D eigenvalue weighted by Crippen LogP contribution is -2.39. The molecule has 5 nitrogen and oxygen atoms in total. The lowest BCUT2D eigenvalue weighted by molar-refractivity contribution is -0.119. The molecule has 2 aromatic rings. The van der Waals surface area contributed by atoms with Crippen molar-refractivity contribution in [1.82, 2.24) is 10.6 Å². The van der Waals surface area contributed by atoms with Crippen LogP contribution in [0, 0.1) is 0 Å². The van der Waals surface area contributed by atoms with Crippen molar-refractivity contribution < 1.29 is 14.6 Å². The summed E-state index contributed by atoms with van der Waals surface area (Å²) in [6.07, 6.45) is 3.69. The normalized spacial score (nSPS) is 16.7. The van der Waals surface area contributed by atoms with Crippen LogP contribution in [0.4, 0.5) is 0 Å². The Hall–Kier alpha value is -2.08.